The molecule has 6 nitrogen and oxygen atoms in total. The van der Waals surface area contributed by atoms with Gasteiger partial charge in [0.05, 0.1) is 17.9 Å². The van der Waals surface area contributed by atoms with Crippen LogP contribution in [0, 0.1) is 5.92 Å². The van der Waals surface area contributed by atoms with Gasteiger partial charge in [-0.05, 0) is 48.9 Å². The molecule has 2 aromatic rings. The lowest BCUT2D eigenvalue weighted by atomic mass is 9.75. The van der Waals surface area contributed by atoms with Crippen LogP contribution in [0.1, 0.15) is 28.8 Å². The Bertz CT molecular complexity index is 672. The van der Waals surface area contributed by atoms with Crippen LogP contribution in [0.3, 0.4) is 0 Å². The Labute approximate surface area is 134 Å². The number of nitrogens with one attached hydrogen (secondary N) is 1. The van der Waals surface area contributed by atoms with Crippen molar-refractivity contribution in [2.24, 2.45) is 5.92 Å². The van der Waals surface area contributed by atoms with Gasteiger partial charge >= 0.3 is 0 Å². The molecule has 2 aromatic heterocycles. The Balaban J connectivity index is 1.73. The first-order valence-corrected chi connectivity index (χ1v) is 7.64. The van der Waals surface area contributed by atoms with Gasteiger partial charge in [0.25, 0.3) is 5.91 Å². The van der Waals surface area contributed by atoms with Crippen molar-refractivity contribution in [1.29, 1.82) is 0 Å². The fraction of sp³-hybridized carbons (Fsp3) is 0.353. The first-order valence-electron chi connectivity index (χ1n) is 7.64. The van der Waals surface area contributed by atoms with Crippen LogP contribution >= 0.6 is 0 Å². The molecule has 1 aliphatic carbocycles. The smallest absolute Gasteiger partial charge is 0.255 e. The van der Waals surface area contributed by atoms with Crippen LogP contribution in [0.5, 0.6) is 5.75 Å². The van der Waals surface area contributed by atoms with E-state index in [0.717, 1.165) is 5.56 Å². The van der Waals surface area contributed by atoms with Crippen LogP contribution in [0.2, 0.25) is 0 Å². The predicted molar refractivity (Wildman–Crippen MR) is 83.8 cm³/mol. The minimum absolute atomic E-state index is 0.0964. The van der Waals surface area contributed by atoms with E-state index in [2.05, 4.69) is 15.3 Å². The summed E-state index contributed by atoms with van der Waals surface area (Å²) in [5.41, 5.74) is 1.28. The molecule has 0 aromatic carbocycles. The summed E-state index contributed by atoms with van der Waals surface area (Å²) < 4.78 is 0. The number of aliphatic hydroxyl groups is 1. The molecule has 0 spiro atoms. The highest BCUT2D eigenvalue weighted by Gasteiger charge is 2.35. The van der Waals surface area contributed by atoms with Crippen LogP contribution in [0.4, 0.5) is 0 Å². The van der Waals surface area contributed by atoms with Gasteiger partial charge in [-0.2, -0.15) is 0 Å². The van der Waals surface area contributed by atoms with Gasteiger partial charge in [-0.15, -0.1) is 0 Å². The molecular formula is C17H19N3O3. The first-order chi connectivity index (χ1) is 11.1. The van der Waals surface area contributed by atoms with Crippen LogP contribution in [0.25, 0.3) is 0 Å². The lowest BCUT2D eigenvalue weighted by Gasteiger charge is -2.38. The standard InChI is InChI=1S/C17H19N3O3/c21-13-8-12(9-13)15(7-11-1-4-18-5-2-11)20-17(23)14-3-6-19-10-16(14)22/h1-6,10,12-13,15,21-22H,7-9H2,(H,20,23). The molecule has 23 heavy (non-hydrogen) atoms. The highest BCUT2D eigenvalue weighted by molar-refractivity contribution is 5.96. The molecule has 3 N–H and O–H groups in total. The van der Waals surface area contributed by atoms with Gasteiger partial charge in [0.2, 0.25) is 0 Å². The topological polar surface area (TPSA) is 95.3 Å². The second-order valence-electron chi connectivity index (χ2n) is 5.92. The van der Waals surface area contributed by atoms with Gasteiger partial charge in [-0.3, -0.25) is 14.8 Å². The third-order valence-corrected chi connectivity index (χ3v) is 4.28. The molecule has 6 heteroatoms. The van der Waals surface area contributed by atoms with Crippen molar-refractivity contribution in [2.75, 3.05) is 0 Å². The number of rotatable bonds is 5. The van der Waals surface area contributed by atoms with E-state index in [9.17, 15) is 15.0 Å². The van der Waals surface area contributed by atoms with Gasteiger partial charge in [-0.1, -0.05) is 0 Å². The number of nitrogens with zero attached hydrogens (tertiary/aromatic N) is 2. The van der Waals surface area contributed by atoms with Crippen molar-refractivity contribution >= 4 is 5.91 Å². The van der Waals surface area contributed by atoms with E-state index in [1.54, 1.807) is 12.4 Å². The summed E-state index contributed by atoms with van der Waals surface area (Å²) in [6.45, 7) is 0. The summed E-state index contributed by atoms with van der Waals surface area (Å²) in [6, 6.07) is 5.22. The summed E-state index contributed by atoms with van der Waals surface area (Å²) >= 11 is 0. The molecule has 0 saturated heterocycles. The third-order valence-electron chi connectivity index (χ3n) is 4.28. The Morgan fingerprint density at radius 3 is 2.57 bits per heavy atom. The van der Waals surface area contributed by atoms with E-state index in [1.807, 2.05) is 12.1 Å². The molecular weight excluding hydrogens is 294 g/mol. The molecule has 1 atom stereocenters. The first kappa shape index (κ1) is 15.4. The number of hydrogen-bond acceptors (Lipinski definition) is 5. The molecule has 120 valence electrons. The molecule has 2 heterocycles. The number of aliphatic hydroxyl groups excluding tert-OH is 1. The van der Waals surface area contributed by atoms with Crippen molar-refractivity contribution in [3.05, 3.63) is 54.1 Å². The summed E-state index contributed by atoms with van der Waals surface area (Å²) in [5, 5.41) is 22.3. The van der Waals surface area contributed by atoms with Gasteiger partial charge in [-0.25, -0.2) is 0 Å². The van der Waals surface area contributed by atoms with Crippen molar-refractivity contribution in [3.8, 4) is 5.75 Å². The van der Waals surface area contributed by atoms with E-state index in [4.69, 9.17) is 0 Å². The monoisotopic (exact) mass is 313 g/mol. The zero-order valence-electron chi connectivity index (χ0n) is 12.6. The maximum Gasteiger partial charge on any atom is 0.255 e. The minimum Gasteiger partial charge on any atom is -0.505 e. The van der Waals surface area contributed by atoms with Gasteiger partial charge < -0.3 is 15.5 Å². The predicted octanol–water partition coefficient (Wildman–Crippen LogP) is 1.29. The molecule has 1 amide bonds. The van der Waals surface area contributed by atoms with Gasteiger partial charge in [0.15, 0.2) is 0 Å². The quantitative estimate of drug-likeness (QED) is 0.773. The Morgan fingerprint density at radius 2 is 1.91 bits per heavy atom. The molecule has 3 rings (SSSR count). The average molecular weight is 313 g/mol. The molecule has 1 fully saturated rings. The number of carbonyl (C=O) groups excluding carboxylic acids is 1. The van der Waals surface area contributed by atoms with Crippen LogP contribution in [-0.4, -0.2) is 38.2 Å². The van der Waals surface area contributed by atoms with E-state index in [0.29, 0.717) is 19.3 Å². The molecule has 0 radical (unpaired) electrons. The molecule has 1 aliphatic rings. The number of carbonyl (C=O) groups is 1. The number of aromatic hydroxyl groups is 1. The fourth-order valence-electron chi connectivity index (χ4n) is 2.89. The average Bonchev–Trinajstić information content (AvgIpc) is 2.52. The summed E-state index contributed by atoms with van der Waals surface area (Å²) in [4.78, 5) is 20.2. The SMILES string of the molecule is O=C(NC(Cc1ccncc1)C1CC(O)C1)c1ccncc1O. The number of pyridine rings is 2. The number of hydrogen-bond donors (Lipinski definition) is 3. The van der Waals surface area contributed by atoms with Gasteiger partial charge in [0.1, 0.15) is 5.75 Å². The maximum absolute atomic E-state index is 12.4. The van der Waals surface area contributed by atoms with Crippen LogP contribution in [-0.2, 0) is 6.42 Å². The number of aromatic nitrogens is 2. The summed E-state index contributed by atoms with van der Waals surface area (Å²) in [5.74, 6) is -0.238. The summed E-state index contributed by atoms with van der Waals surface area (Å²) in [6.07, 6.45) is 7.90. The van der Waals surface area contributed by atoms with E-state index in [-0.39, 0.29) is 35.3 Å². The lowest BCUT2D eigenvalue weighted by Crippen LogP contribution is -2.48. The van der Waals surface area contributed by atoms with Crippen LogP contribution < -0.4 is 5.32 Å². The fourth-order valence-corrected chi connectivity index (χ4v) is 2.89. The minimum atomic E-state index is -0.328. The van der Waals surface area contributed by atoms with E-state index < -0.39 is 0 Å². The van der Waals surface area contributed by atoms with Crippen molar-refractivity contribution in [3.63, 3.8) is 0 Å². The second kappa shape index (κ2) is 6.75. The molecule has 0 bridgehead atoms. The largest absolute Gasteiger partial charge is 0.505 e. The lowest BCUT2D eigenvalue weighted by molar-refractivity contribution is 0.0239. The Hall–Kier alpha value is -2.47. The van der Waals surface area contributed by atoms with Gasteiger partial charge in [0, 0.05) is 24.6 Å². The molecule has 0 aliphatic heterocycles. The van der Waals surface area contributed by atoms with E-state index in [1.165, 1.54) is 18.5 Å². The zero-order chi connectivity index (χ0) is 16.2. The third kappa shape index (κ3) is 3.65. The maximum atomic E-state index is 12.4. The van der Waals surface area contributed by atoms with Crippen molar-refractivity contribution in [1.82, 2.24) is 15.3 Å². The summed E-state index contributed by atoms with van der Waals surface area (Å²) in [7, 11) is 0. The Morgan fingerprint density at radius 1 is 1.22 bits per heavy atom. The highest BCUT2D eigenvalue weighted by Crippen LogP contribution is 2.32. The highest BCUT2D eigenvalue weighted by atomic mass is 16.3. The zero-order valence-corrected chi connectivity index (χ0v) is 12.6. The molecule has 1 unspecified atom stereocenters. The van der Waals surface area contributed by atoms with Crippen molar-refractivity contribution in [2.45, 2.75) is 31.4 Å². The second-order valence-corrected chi connectivity index (χ2v) is 5.92. The number of amides is 1. The molecule has 1 saturated carbocycles. The van der Waals surface area contributed by atoms with Crippen LogP contribution in [0.15, 0.2) is 43.0 Å². The van der Waals surface area contributed by atoms with E-state index >= 15 is 0 Å². The normalized spacial score (nSPS) is 21.3. The Kier molecular flexibility index (Phi) is 4.52. The van der Waals surface area contributed by atoms with Crippen molar-refractivity contribution < 1.29 is 15.0 Å².